The average molecular weight is 1210 g/mol. The van der Waals surface area contributed by atoms with Crippen molar-refractivity contribution in [1.82, 2.24) is 9.55 Å². The molecule has 5 nitrogen and oxygen atoms in total. The fourth-order valence-electron chi connectivity index (χ4n) is 11.1. The Bertz CT molecular complexity index is 3670. The number of nitrogens with zero attached hydrogens (tertiary/aromatic N) is 4. The molecule has 0 saturated carbocycles. The Morgan fingerprint density at radius 3 is 1.55 bits per heavy atom. The van der Waals surface area contributed by atoms with Gasteiger partial charge in [-0.3, -0.25) is 0 Å². The van der Waals surface area contributed by atoms with Crippen LogP contribution < -0.4 is 14.5 Å². The number of allylic oxidation sites excluding steroid dienone is 2. The van der Waals surface area contributed by atoms with Crippen LogP contribution in [-0.2, 0) is 53.6 Å². The Labute approximate surface area is 480 Å². The van der Waals surface area contributed by atoms with Gasteiger partial charge in [-0.2, -0.15) is 0 Å². The molecule has 78 heavy (non-hydrogen) atoms. The van der Waals surface area contributed by atoms with Crippen LogP contribution in [0.3, 0.4) is 0 Å². The first-order chi connectivity index (χ1) is 36.2. The summed E-state index contributed by atoms with van der Waals surface area (Å²) in [4.78, 5) is 9.92. The monoisotopic (exact) mass is 1210 g/mol. The summed E-state index contributed by atoms with van der Waals surface area (Å²) < 4.78 is 9.58. The van der Waals surface area contributed by atoms with Crippen molar-refractivity contribution in [2.24, 2.45) is 0 Å². The zero-order chi connectivity index (χ0) is 55.0. The molecule has 0 N–H and O–H groups in total. The molecule has 0 unspecified atom stereocenters. The number of hydrogen-bond donors (Lipinski definition) is 0. The summed E-state index contributed by atoms with van der Waals surface area (Å²) in [6, 6.07) is 67.4. The fourth-order valence-corrected chi connectivity index (χ4v) is 11.1. The zero-order valence-corrected chi connectivity index (χ0v) is 51.0. The molecule has 3 heterocycles. The second-order valence-electron chi connectivity index (χ2n) is 26.4. The Morgan fingerprint density at radius 2 is 0.974 bits per heavy atom. The third-order valence-electron chi connectivity index (χ3n) is 15.8. The fraction of sp³-hybridized carbons (Fsp3) is 0.306. The molecule has 0 fully saturated rings. The van der Waals surface area contributed by atoms with E-state index >= 15 is 0 Å². The summed E-state index contributed by atoms with van der Waals surface area (Å²) in [5, 5.41) is 2.31. The minimum atomic E-state index is -0.517. The van der Waals surface area contributed by atoms with Crippen molar-refractivity contribution >= 4 is 33.2 Å². The van der Waals surface area contributed by atoms with Gasteiger partial charge in [0.25, 0.3) is 0 Å². The van der Waals surface area contributed by atoms with Crippen LogP contribution in [-0.4, -0.2) is 9.55 Å². The maximum Gasteiger partial charge on any atom is 0.135 e. The molecular formula is C72H77N4OPt-3. The number of aromatic nitrogens is 2. The van der Waals surface area contributed by atoms with E-state index in [0.717, 1.165) is 50.3 Å². The average Bonchev–Trinajstić information content (AvgIpc) is 4.13. The van der Waals surface area contributed by atoms with E-state index < -0.39 is 10.8 Å². The van der Waals surface area contributed by atoms with Gasteiger partial charge in [-0.1, -0.05) is 237 Å². The molecule has 2 aromatic heterocycles. The van der Waals surface area contributed by atoms with Crippen molar-refractivity contribution in [2.45, 2.75) is 143 Å². The van der Waals surface area contributed by atoms with Gasteiger partial charge in [0.15, 0.2) is 0 Å². The molecule has 0 atom stereocenters. The minimum Gasteiger partial charge on any atom is -0.509 e. The van der Waals surface area contributed by atoms with E-state index in [1.54, 1.807) is 0 Å². The van der Waals surface area contributed by atoms with Crippen molar-refractivity contribution in [3.05, 3.63) is 234 Å². The van der Waals surface area contributed by atoms with E-state index in [4.69, 9.17) is 9.72 Å². The number of anilines is 2. The summed E-state index contributed by atoms with van der Waals surface area (Å²) >= 11 is 0. The number of benzene rings is 7. The predicted octanol–water partition coefficient (Wildman–Crippen LogP) is 19.0. The maximum atomic E-state index is 7.31. The van der Waals surface area contributed by atoms with Gasteiger partial charge < -0.3 is 19.1 Å². The molecule has 10 rings (SSSR count). The van der Waals surface area contributed by atoms with Crippen LogP contribution in [0.2, 0.25) is 0 Å². The number of rotatable bonds is 10. The summed E-state index contributed by atoms with van der Waals surface area (Å²) in [5.74, 6) is 2.10. The van der Waals surface area contributed by atoms with Crippen LogP contribution in [0.1, 0.15) is 144 Å². The molecule has 9 aromatic rings. The molecule has 0 amide bonds. The van der Waals surface area contributed by atoms with Crippen molar-refractivity contribution in [2.75, 3.05) is 9.80 Å². The van der Waals surface area contributed by atoms with Crippen LogP contribution >= 0.6 is 0 Å². The first kappa shape index (κ1) is 56.1. The Kier molecular flexibility index (Phi) is 14.7. The predicted molar refractivity (Wildman–Crippen MR) is 325 cm³/mol. The summed E-state index contributed by atoms with van der Waals surface area (Å²) in [6.07, 6.45) is 1.93. The zero-order valence-electron chi connectivity index (χ0n) is 48.8. The topological polar surface area (TPSA) is 33.5 Å². The molecule has 0 bridgehead atoms. The van der Waals surface area contributed by atoms with Crippen molar-refractivity contribution < 1.29 is 25.8 Å². The molecule has 1 aliphatic heterocycles. The molecule has 7 aromatic carbocycles. The van der Waals surface area contributed by atoms with Crippen LogP contribution in [0.25, 0.3) is 38.8 Å². The van der Waals surface area contributed by atoms with Crippen LogP contribution in [0.5, 0.6) is 11.5 Å². The molecule has 0 saturated heterocycles. The number of para-hydroxylation sites is 1. The van der Waals surface area contributed by atoms with Gasteiger partial charge in [-0.25, -0.2) is 4.98 Å². The van der Waals surface area contributed by atoms with Gasteiger partial charge in [0, 0.05) is 72.2 Å². The molecular weight excluding hydrogens is 1130 g/mol. The van der Waals surface area contributed by atoms with Crippen molar-refractivity contribution in [3.63, 3.8) is 0 Å². The standard InChI is InChI=1S/C72H77N4O.Pt/c1-67(2,3)52-36-37-73-63(43-52)76-61-35-27-26-34-59(61)64-60(70(10,11)12)45-58(46-62(64)76)77-57-42-54(69(7,8)9)41-56(44-57)75-47-74(55-39-49(48-28-20-17-21-29-48)38-53(40-55)68(4,5)6)65(71(13,14)50-30-22-18-23-31-50)66(75)72(15,16)51-32-24-19-25-33-51;/h17-43,45,47H,1-16H3;/q-3;. The molecule has 404 valence electrons. The number of ether oxygens (including phenoxy) is 1. The van der Waals surface area contributed by atoms with Gasteiger partial charge in [-0.05, 0) is 90.8 Å². The summed E-state index contributed by atoms with van der Waals surface area (Å²) in [6.45, 7) is 39.2. The van der Waals surface area contributed by atoms with E-state index in [-0.39, 0.29) is 42.7 Å². The summed E-state index contributed by atoms with van der Waals surface area (Å²) in [5.41, 5.74) is 14.2. The van der Waals surface area contributed by atoms with Crippen LogP contribution in [0.15, 0.2) is 181 Å². The van der Waals surface area contributed by atoms with Gasteiger partial charge in [0.2, 0.25) is 0 Å². The number of pyridine rings is 1. The number of hydrogen-bond acceptors (Lipinski definition) is 4. The first-order valence-electron chi connectivity index (χ1n) is 27.4. The first-order valence-corrected chi connectivity index (χ1v) is 27.4. The normalized spacial score (nSPS) is 13.9. The largest absolute Gasteiger partial charge is 0.509 e. The van der Waals surface area contributed by atoms with Crippen LogP contribution in [0.4, 0.5) is 11.4 Å². The SMILES string of the molecule is CC(C)(C)c1cc(Oc2[c-]c3c(c(C(C)(C)C)c2)c2ccccc2n3-c2cc(C(C)(C)C)ccn2)[c-]c(N2[CH-]N(c3cc(-c4ccccc4)cc(C(C)(C)C)c3)C(C(C)(C)c3ccccc3)=C2C(C)(C)c2ccccc2)c1.[Pt]. The Hall–Kier alpha value is -6.68. The van der Waals surface area contributed by atoms with Crippen molar-refractivity contribution in [1.29, 1.82) is 0 Å². The smallest absolute Gasteiger partial charge is 0.135 e. The third kappa shape index (κ3) is 10.6. The quantitative estimate of drug-likeness (QED) is 0.128. The molecule has 1 aliphatic rings. The second-order valence-corrected chi connectivity index (χ2v) is 26.4. The second kappa shape index (κ2) is 20.5. The number of fused-ring (bicyclic) bond motifs is 3. The molecule has 6 heteroatoms. The van der Waals surface area contributed by atoms with E-state index in [1.165, 1.54) is 44.6 Å². The van der Waals surface area contributed by atoms with Gasteiger partial charge in [-0.15, -0.1) is 53.8 Å². The van der Waals surface area contributed by atoms with Gasteiger partial charge >= 0.3 is 0 Å². The van der Waals surface area contributed by atoms with E-state index in [2.05, 4.69) is 308 Å². The van der Waals surface area contributed by atoms with Crippen LogP contribution in [0, 0.1) is 18.8 Å². The van der Waals surface area contributed by atoms with Gasteiger partial charge in [0.05, 0.1) is 0 Å². The Morgan fingerprint density at radius 1 is 0.449 bits per heavy atom. The minimum absolute atomic E-state index is 0. The third-order valence-corrected chi connectivity index (χ3v) is 15.8. The summed E-state index contributed by atoms with van der Waals surface area (Å²) in [7, 11) is 0. The van der Waals surface area contributed by atoms with E-state index in [1.807, 2.05) is 6.20 Å². The molecule has 0 radical (unpaired) electrons. The maximum absolute atomic E-state index is 7.31. The molecule has 0 spiro atoms. The Balaban J connectivity index is 0.00000740. The van der Waals surface area contributed by atoms with E-state index in [0.29, 0.717) is 11.5 Å². The van der Waals surface area contributed by atoms with Crippen molar-refractivity contribution in [3.8, 4) is 28.4 Å². The molecule has 0 aliphatic carbocycles. The van der Waals surface area contributed by atoms with E-state index in [9.17, 15) is 0 Å². The van der Waals surface area contributed by atoms with Gasteiger partial charge in [0.1, 0.15) is 5.82 Å².